The molecule has 0 saturated carbocycles. The molecular formula is C16H33N3S. The van der Waals surface area contributed by atoms with Gasteiger partial charge in [-0.05, 0) is 75.7 Å². The second-order valence-electron chi connectivity index (χ2n) is 6.36. The molecule has 0 spiro atoms. The zero-order chi connectivity index (χ0) is 14.2. The van der Waals surface area contributed by atoms with Crippen molar-refractivity contribution < 1.29 is 0 Å². The Morgan fingerprint density at radius 3 is 2.45 bits per heavy atom. The number of piperidine rings is 1. The normalized spacial score (nSPS) is 24.3. The number of nitrogens with zero attached hydrogens (tertiary/aromatic N) is 2. The lowest BCUT2D eigenvalue weighted by molar-refractivity contribution is 0.116. The second-order valence-corrected chi connectivity index (χ2v) is 7.76. The van der Waals surface area contributed by atoms with Crippen LogP contribution in [0.25, 0.3) is 0 Å². The Labute approximate surface area is 129 Å². The summed E-state index contributed by atoms with van der Waals surface area (Å²) >= 11 is 2.05. The Balaban J connectivity index is 1.66. The third-order valence-electron chi connectivity index (χ3n) is 4.95. The molecule has 2 aliphatic heterocycles. The molecule has 2 fully saturated rings. The van der Waals surface area contributed by atoms with Crippen LogP contribution in [0.4, 0.5) is 0 Å². The first-order valence-corrected chi connectivity index (χ1v) is 9.73. The van der Waals surface area contributed by atoms with Crippen molar-refractivity contribution in [1.82, 2.24) is 9.80 Å². The standard InChI is InChI=1S/C16H33N3S/c1-2-20-12-7-16(13-17)19-10-5-15(6-11-19)14-18-8-3-4-9-18/h15-16H,2-14,17H2,1H3. The Bertz CT molecular complexity index is 248. The van der Waals surface area contributed by atoms with Crippen LogP contribution in [0.5, 0.6) is 0 Å². The zero-order valence-corrected chi connectivity index (χ0v) is 14.0. The minimum atomic E-state index is 0.627. The number of hydrogen-bond donors (Lipinski definition) is 1. The molecule has 0 aromatic heterocycles. The van der Waals surface area contributed by atoms with Crippen molar-refractivity contribution in [2.75, 3.05) is 50.8 Å². The molecule has 3 nitrogen and oxygen atoms in total. The van der Waals surface area contributed by atoms with E-state index in [1.54, 1.807) is 0 Å². The molecule has 118 valence electrons. The van der Waals surface area contributed by atoms with E-state index in [0.717, 1.165) is 12.5 Å². The highest BCUT2D eigenvalue weighted by atomic mass is 32.2. The van der Waals surface area contributed by atoms with Crippen molar-refractivity contribution in [3.05, 3.63) is 0 Å². The molecule has 0 aromatic rings. The maximum Gasteiger partial charge on any atom is 0.0226 e. The van der Waals surface area contributed by atoms with Gasteiger partial charge in [0.2, 0.25) is 0 Å². The highest BCUT2D eigenvalue weighted by molar-refractivity contribution is 7.99. The second kappa shape index (κ2) is 9.29. The highest BCUT2D eigenvalue weighted by Gasteiger charge is 2.26. The summed E-state index contributed by atoms with van der Waals surface area (Å²) in [6.45, 7) is 9.67. The Morgan fingerprint density at radius 2 is 1.85 bits per heavy atom. The summed E-state index contributed by atoms with van der Waals surface area (Å²) in [5.74, 6) is 3.44. The van der Waals surface area contributed by atoms with Gasteiger partial charge in [-0.2, -0.15) is 11.8 Å². The minimum Gasteiger partial charge on any atom is -0.329 e. The van der Waals surface area contributed by atoms with Gasteiger partial charge < -0.3 is 10.6 Å². The third kappa shape index (κ3) is 5.21. The van der Waals surface area contributed by atoms with Gasteiger partial charge in [-0.25, -0.2) is 0 Å². The van der Waals surface area contributed by atoms with E-state index in [1.165, 1.54) is 76.3 Å². The van der Waals surface area contributed by atoms with E-state index >= 15 is 0 Å². The largest absolute Gasteiger partial charge is 0.329 e. The number of thioether (sulfide) groups is 1. The van der Waals surface area contributed by atoms with Crippen molar-refractivity contribution >= 4 is 11.8 Å². The summed E-state index contributed by atoms with van der Waals surface area (Å²) < 4.78 is 0. The van der Waals surface area contributed by atoms with Crippen LogP contribution in [-0.2, 0) is 0 Å². The van der Waals surface area contributed by atoms with Crippen molar-refractivity contribution in [2.24, 2.45) is 11.7 Å². The first-order chi connectivity index (χ1) is 9.83. The van der Waals surface area contributed by atoms with Gasteiger partial charge in [0.25, 0.3) is 0 Å². The molecule has 0 radical (unpaired) electrons. The van der Waals surface area contributed by atoms with Gasteiger partial charge in [-0.15, -0.1) is 0 Å². The van der Waals surface area contributed by atoms with Crippen LogP contribution < -0.4 is 5.73 Å². The molecule has 1 unspecified atom stereocenters. The average Bonchev–Trinajstić information content (AvgIpc) is 2.98. The summed E-state index contributed by atoms with van der Waals surface area (Å²) in [5.41, 5.74) is 5.99. The van der Waals surface area contributed by atoms with Crippen LogP contribution in [0.15, 0.2) is 0 Å². The molecule has 20 heavy (non-hydrogen) atoms. The first-order valence-electron chi connectivity index (χ1n) is 8.57. The molecular weight excluding hydrogens is 266 g/mol. The summed E-state index contributed by atoms with van der Waals surface area (Å²) in [5, 5.41) is 0. The topological polar surface area (TPSA) is 32.5 Å². The van der Waals surface area contributed by atoms with Gasteiger partial charge in [0, 0.05) is 19.1 Å². The van der Waals surface area contributed by atoms with Gasteiger partial charge in [-0.3, -0.25) is 4.90 Å². The van der Waals surface area contributed by atoms with Crippen LogP contribution in [0.2, 0.25) is 0 Å². The van der Waals surface area contributed by atoms with Crippen LogP contribution in [0.1, 0.15) is 39.0 Å². The summed E-state index contributed by atoms with van der Waals surface area (Å²) in [6.07, 6.45) is 6.88. The van der Waals surface area contributed by atoms with E-state index in [-0.39, 0.29) is 0 Å². The van der Waals surface area contributed by atoms with Gasteiger partial charge >= 0.3 is 0 Å². The van der Waals surface area contributed by atoms with E-state index in [0.29, 0.717) is 6.04 Å². The van der Waals surface area contributed by atoms with Crippen molar-refractivity contribution in [3.63, 3.8) is 0 Å². The predicted molar refractivity (Wildman–Crippen MR) is 90.4 cm³/mol. The van der Waals surface area contributed by atoms with Crippen LogP contribution >= 0.6 is 11.8 Å². The van der Waals surface area contributed by atoms with Crippen molar-refractivity contribution in [2.45, 2.75) is 45.1 Å². The molecule has 2 rings (SSSR count). The fourth-order valence-corrected chi connectivity index (χ4v) is 4.37. The van der Waals surface area contributed by atoms with Gasteiger partial charge in [0.1, 0.15) is 0 Å². The molecule has 2 heterocycles. The van der Waals surface area contributed by atoms with Gasteiger partial charge in [-0.1, -0.05) is 6.92 Å². The molecule has 0 aliphatic carbocycles. The fraction of sp³-hybridized carbons (Fsp3) is 1.00. The minimum absolute atomic E-state index is 0.627. The smallest absolute Gasteiger partial charge is 0.0226 e. The van der Waals surface area contributed by atoms with Crippen LogP contribution in [0, 0.1) is 5.92 Å². The monoisotopic (exact) mass is 299 g/mol. The van der Waals surface area contributed by atoms with Gasteiger partial charge in [0.05, 0.1) is 0 Å². The number of likely N-dealkylation sites (tertiary alicyclic amines) is 2. The van der Waals surface area contributed by atoms with E-state index in [1.807, 2.05) is 11.8 Å². The molecule has 2 aliphatic rings. The number of hydrogen-bond acceptors (Lipinski definition) is 4. The Morgan fingerprint density at radius 1 is 1.15 bits per heavy atom. The molecule has 2 N–H and O–H groups in total. The molecule has 4 heteroatoms. The molecule has 0 bridgehead atoms. The Kier molecular flexibility index (Phi) is 7.71. The van der Waals surface area contributed by atoms with Gasteiger partial charge in [0.15, 0.2) is 0 Å². The number of nitrogens with two attached hydrogens (primary N) is 1. The Hall–Kier alpha value is 0.230. The third-order valence-corrected chi connectivity index (χ3v) is 5.88. The average molecular weight is 300 g/mol. The highest BCUT2D eigenvalue weighted by Crippen LogP contribution is 2.23. The number of rotatable bonds is 8. The lowest BCUT2D eigenvalue weighted by Crippen LogP contribution is -2.46. The molecule has 1 atom stereocenters. The van der Waals surface area contributed by atoms with E-state index in [9.17, 15) is 0 Å². The van der Waals surface area contributed by atoms with E-state index in [4.69, 9.17) is 5.73 Å². The quantitative estimate of drug-likeness (QED) is 0.697. The first kappa shape index (κ1) is 16.6. The lowest BCUT2D eigenvalue weighted by atomic mass is 9.95. The van der Waals surface area contributed by atoms with Crippen molar-refractivity contribution in [1.29, 1.82) is 0 Å². The molecule has 0 aromatic carbocycles. The summed E-state index contributed by atoms with van der Waals surface area (Å²) in [4.78, 5) is 5.34. The fourth-order valence-electron chi connectivity index (χ4n) is 3.64. The maximum atomic E-state index is 5.99. The van der Waals surface area contributed by atoms with E-state index < -0.39 is 0 Å². The molecule has 0 amide bonds. The van der Waals surface area contributed by atoms with Crippen LogP contribution in [-0.4, -0.2) is 66.6 Å². The maximum absolute atomic E-state index is 5.99. The SMILES string of the molecule is CCSCCC(CN)N1CCC(CN2CCCC2)CC1. The van der Waals surface area contributed by atoms with E-state index in [2.05, 4.69) is 16.7 Å². The molecule has 2 saturated heterocycles. The van der Waals surface area contributed by atoms with Crippen LogP contribution in [0.3, 0.4) is 0 Å². The van der Waals surface area contributed by atoms with Crippen molar-refractivity contribution in [3.8, 4) is 0 Å². The lowest BCUT2D eigenvalue weighted by Gasteiger charge is -2.38. The predicted octanol–water partition coefficient (Wildman–Crippen LogP) is 2.26. The summed E-state index contributed by atoms with van der Waals surface area (Å²) in [7, 11) is 0. The zero-order valence-electron chi connectivity index (χ0n) is 13.2. The summed E-state index contributed by atoms with van der Waals surface area (Å²) in [6, 6.07) is 0.627.